The van der Waals surface area contributed by atoms with Gasteiger partial charge in [0, 0.05) is 35.4 Å². The molecule has 0 saturated carbocycles. The summed E-state index contributed by atoms with van der Waals surface area (Å²) in [4.78, 5) is 15.1. The fourth-order valence-electron chi connectivity index (χ4n) is 2.79. The topological polar surface area (TPSA) is 86.5 Å². The van der Waals surface area contributed by atoms with E-state index in [1.807, 2.05) is 31.2 Å². The Kier molecular flexibility index (Phi) is 4.88. The second-order valence-electron chi connectivity index (χ2n) is 5.81. The number of hydrogen-bond acceptors (Lipinski definition) is 6. The minimum Gasteiger partial charge on any atom is -0.493 e. The Morgan fingerprint density at radius 1 is 1.08 bits per heavy atom. The van der Waals surface area contributed by atoms with Crippen molar-refractivity contribution in [3.8, 4) is 11.5 Å². The highest BCUT2D eigenvalue weighted by Crippen LogP contribution is 2.30. The zero-order valence-corrected chi connectivity index (χ0v) is 14.8. The molecular weight excluding hydrogens is 334 g/mol. The number of nitrogens with zero attached hydrogens (tertiary/aromatic N) is 2. The maximum Gasteiger partial charge on any atom is 0.270 e. The molecule has 1 N–H and O–H groups in total. The number of fused-ring (bicyclic) bond motifs is 1. The van der Waals surface area contributed by atoms with Crippen LogP contribution in [0.15, 0.2) is 42.5 Å². The van der Waals surface area contributed by atoms with Crippen LogP contribution >= 0.6 is 0 Å². The first kappa shape index (κ1) is 17.5. The number of nitro benzene ring substituents is 1. The van der Waals surface area contributed by atoms with Crippen molar-refractivity contribution in [2.24, 2.45) is 0 Å². The van der Waals surface area contributed by atoms with Gasteiger partial charge in [-0.25, -0.2) is 0 Å². The van der Waals surface area contributed by atoms with Crippen LogP contribution in [0, 0.1) is 17.0 Å². The molecule has 1 heterocycles. The molecule has 3 aromatic rings. The first-order valence-electron chi connectivity index (χ1n) is 8.02. The van der Waals surface area contributed by atoms with Crippen LogP contribution in [0.4, 0.5) is 11.4 Å². The highest BCUT2D eigenvalue weighted by atomic mass is 16.6. The van der Waals surface area contributed by atoms with Gasteiger partial charge in [0.05, 0.1) is 24.7 Å². The fourth-order valence-corrected chi connectivity index (χ4v) is 2.79. The molecule has 0 aliphatic rings. The van der Waals surface area contributed by atoms with E-state index in [0.717, 1.165) is 16.9 Å². The average Bonchev–Trinajstić information content (AvgIpc) is 2.65. The number of benzene rings is 2. The van der Waals surface area contributed by atoms with Gasteiger partial charge in [0.1, 0.15) is 0 Å². The Balaban J connectivity index is 1.93. The predicted octanol–water partition coefficient (Wildman–Crippen LogP) is 4.08. The van der Waals surface area contributed by atoms with Crippen molar-refractivity contribution in [3.05, 3.63) is 63.8 Å². The third-order valence-corrected chi connectivity index (χ3v) is 4.06. The number of nitro groups is 1. The number of anilines is 1. The van der Waals surface area contributed by atoms with Gasteiger partial charge in [-0.05, 0) is 36.8 Å². The van der Waals surface area contributed by atoms with Gasteiger partial charge in [0.15, 0.2) is 11.5 Å². The summed E-state index contributed by atoms with van der Waals surface area (Å²) in [6.07, 6.45) is 0. The van der Waals surface area contributed by atoms with Gasteiger partial charge in [-0.1, -0.05) is 6.07 Å². The van der Waals surface area contributed by atoms with Crippen molar-refractivity contribution in [2.75, 3.05) is 19.5 Å². The van der Waals surface area contributed by atoms with Crippen LogP contribution in [-0.2, 0) is 6.54 Å². The summed E-state index contributed by atoms with van der Waals surface area (Å²) < 4.78 is 10.6. The van der Waals surface area contributed by atoms with Crippen LogP contribution in [0.5, 0.6) is 11.5 Å². The normalized spacial score (nSPS) is 10.6. The molecule has 0 unspecified atom stereocenters. The molecule has 7 heteroatoms. The number of aromatic nitrogens is 1. The summed E-state index contributed by atoms with van der Waals surface area (Å²) >= 11 is 0. The summed E-state index contributed by atoms with van der Waals surface area (Å²) in [7, 11) is 3.18. The van der Waals surface area contributed by atoms with Crippen LogP contribution in [0.25, 0.3) is 10.9 Å². The number of pyridine rings is 1. The van der Waals surface area contributed by atoms with E-state index in [1.165, 1.54) is 6.07 Å². The summed E-state index contributed by atoms with van der Waals surface area (Å²) in [6.45, 7) is 2.42. The van der Waals surface area contributed by atoms with Gasteiger partial charge in [0.2, 0.25) is 0 Å². The largest absolute Gasteiger partial charge is 0.493 e. The Bertz CT molecular complexity index is 972. The molecular formula is C19H19N3O4. The van der Waals surface area contributed by atoms with E-state index in [9.17, 15) is 10.1 Å². The molecule has 0 saturated heterocycles. The van der Waals surface area contributed by atoms with Crippen LogP contribution in [-0.4, -0.2) is 24.1 Å². The van der Waals surface area contributed by atoms with Crippen LogP contribution in [0.1, 0.15) is 11.3 Å². The number of methoxy groups -OCH3 is 2. The minimum atomic E-state index is -0.405. The maximum atomic E-state index is 11.1. The van der Waals surface area contributed by atoms with Crippen molar-refractivity contribution < 1.29 is 14.4 Å². The van der Waals surface area contributed by atoms with Gasteiger partial charge in [-0.15, -0.1) is 0 Å². The van der Waals surface area contributed by atoms with E-state index in [1.54, 1.807) is 26.4 Å². The number of rotatable bonds is 6. The van der Waals surface area contributed by atoms with E-state index in [-0.39, 0.29) is 5.69 Å². The molecule has 0 bridgehead atoms. The lowest BCUT2D eigenvalue weighted by molar-refractivity contribution is -0.384. The standard InChI is InChI=1S/C19H19N3O4/c1-12-8-17(15-10-14(22(23)24)5-6-16(15)21-12)20-11-13-4-7-18(25-2)19(9-13)26-3/h4-10H,11H2,1-3H3,(H,20,21). The smallest absolute Gasteiger partial charge is 0.270 e. The van der Waals surface area contributed by atoms with Crippen molar-refractivity contribution in [1.82, 2.24) is 4.98 Å². The number of non-ortho nitro benzene ring substituents is 1. The SMILES string of the molecule is COc1ccc(CNc2cc(C)nc3ccc([N+](=O)[O-])cc23)cc1OC. The zero-order valence-electron chi connectivity index (χ0n) is 14.8. The Morgan fingerprint density at radius 2 is 1.85 bits per heavy atom. The number of hydrogen-bond donors (Lipinski definition) is 1. The highest BCUT2D eigenvalue weighted by Gasteiger charge is 2.11. The van der Waals surface area contributed by atoms with E-state index >= 15 is 0 Å². The lowest BCUT2D eigenvalue weighted by Crippen LogP contribution is -2.02. The molecule has 0 spiro atoms. The third kappa shape index (κ3) is 3.51. The molecule has 134 valence electrons. The summed E-state index contributed by atoms with van der Waals surface area (Å²) in [5.41, 5.74) is 3.38. The molecule has 0 atom stereocenters. The Hall–Kier alpha value is -3.35. The van der Waals surface area contributed by atoms with Gasteiger partial charge in [-0.3, -0.25) is 15.1 Å². The maximum absolute atomic E-state index is 11.1. The van der Waals surface area contributed by atoms with E-state index in [2.05, 4.69) is 10.3 Å². The molecule has 26 heavy (non-hydrogen) atoms. The number of ether oxygens (including phenoxy) is 2. The lowest BCUT2D eigenvalue weighted by Gasteiger charge is -2.13. The third-order valence-electron chi connectivity index (χ3n) is 4.06. The van der Waals surface area contributed by atoms with Gasteiger partial charge in [0.25, 0.3) is 5.69 Å². The quantitative estimate of drug-likeness (QED) is 0.531. The molecule has 0 aliphatic heterocycles. The summed E-state index contributed by atoms with van der Waals surface area (Å²) in [5, 5.41) is 15.1. The van der Waals surface area contributed by atoms with E-state index in [0.29, 0.717) is 28.9 Å². The first-order chi connectivity index (χ1) is 12.5. The fraction of sp³-hybridized carbons (Fsp3) is 0.211. The van der Waals surface area contributed by atoms with Crippen molar-refractivity contribution in [2.45, 2.75) is 13.5 Å². The molecule has 0 fully saturated rings. The van der Waals surface area contributed by atoms with Gasteiger partial charge >= 0.3 is 0 Å². The van der Waals surface area contributed by atoms with Crippen LogP contribution < -0.4 is 14.8 Å². The van der Waals surface area contributed by atoms with E-state index < -0.39 is 4.92 Å². The second-order valence-corrected chi connectivity index (χ2v) is 5.81. The second kappa shape index (κ2) is 7.26. The summed E-state index contributed by atoms with van der Waals surface area (Å²) in [6, 6.07) is 12.2. The first-order valence-corrected chi connectivity index (χ1v) is 8.02. The number of aryl methyl sites for hydroxylation is 1. The monoisotopic (exact) mass is 353 g/mol. The van der Waals surface area contributed by atoms with Gasteiger partial charge in [-0.2, -0.15) is 0 Å². The highest BCUT2D eigenvalue weighted by molar-refractivity contribution is 5.93. The zero-order chi connectivity index (χ0) is 18.7. The molecule has 2 aromatic carbocycles. The molecule has 0 aliphatic carbocycles. The average molecular weight is 353 g/mol. The minimum absolute atomic E-state index is 0.0392. The molecule has 1 aromatic heterocycles. The van der Waals surface area contributed by atoms with E-state index in [4.69, 9.17) is 9.47 Å². The number of nitrogens with one attached hydrogen (secondary N) is 1. The lowest BCUT2D eigenvalue weighted by atomic mass is 10.1. The van der Waals surface area contributed by atoms with Crippen molar-refractivity contribution >= 4 is 22.3 Å². The molecule has 7 nitrogen and oxygen atoms in total. The summed E-state index contributed by atoms with van der Waals surface area (Å²) in [5.74, 6) is 1.32. The van der Waals surface area contributed by atoms with Crippen LogP contribution in [0.2, 0.25) is 0 Å². The molecule has 3 rings (SSSR count). The van der Waals surface area contributed by atoms with Crippen molar-refractivity contribution in [1.29, 1.82) is 0 Å². The van der Waals surface area contributed by atoms with Crippen LogP contribution in [0.3, 0.4) is 0 Å². The Labute approximate surface area is 150 Å². The van der Waals surface area contributed by atoms with Gasteiger partial charge < -0.3 is 14.8 Å². The predicted molar refractivity (Wildman–Crippen MR) is 100 cm³/mol. The molecule has 0 amide bonds. The van der Waals surface area contributed by atoms with Crippen molar-refractivity contribution in [3.63, 3.8) is 0 Å². The Morgan fingerprint density at radius 3 is 2.54 bits per heavy atom. The molecule has 0 radical (unpaired) electrons.